The van der Waals surface area contributed by atoms with Crippen LogP contribution < -0.4 is 5.48 Å². The van der Waals surface area contributed by atoms with Crippen LogP contribution in [0.25, 0.3) is 11.1 Å². The number of nitrogens with one attached hydrogen (secondary N) is 1. The first-order valence-corrected chi connectivity index (χ1v) is 10.1. The molecule has 0 bridgehead atoms. The highest BCUT2D eigenvalue weighted by Gasteiger charge is 2.31. The lowest BCUT2D eigenvalue weighted by atomic mass is 9.98. The van der Waals surface area contributed by atoms with Crippen LogP contribution in [-0.2, 0) is 20.8 Å². The van der Waals surface area contributed by atoms with Crippen LogP contribution in [0.5, 0.6) is 0 Å². The van der Waals surface area contributed by atoms with Crippen molar-refractivity contribution in [2.75, 3.05) is 6.61 Å². The average Bonchev–Trinajstić information content (AvgIpc) is 3.36. The molecule has 1 unspecified atom stereocenters. The maximum absolute atomic E-state index is 12.4. The van der Waals surface area contributed by atoms with Gasteiger partial charge in [0.25, 0.3) is 0 Å². The van der Waals surface area contributed by atoms with Gasteiger partial charge >= 0.3 is 12.1 Å². The van der Waals surface area contributed by atoms with E-state index in [1.165, 1.54) is 0 Å². The molecule has 2 aliphatic carbocycles. The van der Waals surface area contributed by atoms with Gasteiger partial charge in [0.05, 0.1) is 5.92 Å². The highest BCUT2D eigenvalue weighted by Crippen LogP contribution is 2.44. The molecule has 0 saturated heterocycles. The lowest BCUT2D eigenvalue weighted by Crippen LogP contribution is -2.30. The summed E-state index contributed by atoms with van der Waals surface area (Å²) >= 11 is 0. The average molecular weight is 399 g/mol. The zero-order valence-electron chi connectivity index (χ0n) is 16.3. The monoisotopic (exact) mass is 399 g/mol. The second-order valence-corrected chi connectivity index (χ2v) is 7.64. The maximum Gasteiger partial charge on any atom is 0.440 e. The predicted molar refractivity (Wildman–Crippen MR) is 112 cm³/mol. The second-order valence-electron chi connectivity index (χ2n) is 7.64. The van der Waals surface area contributed by atoms with E-state index < -0.39 is 12.1 Å². The number of hydrogen-bond acceptors (Lipinski definition) is 4. The standard InChI is InChI=1S/C25H21NO4/c27-24(22-14-13-16-7-1-2-8-17(16)22)30-26-25(28)29-15-23-20-11-5-3-9-18(20)19-10-4-6-12-21(19)23/h1-12,22-23H,13-15H2,(H,26,28). The number of amides is 1. The van der Waals surface area contributed by atoms with Crippen LogP contribution in [0.4, 0.5) is 4.79 Å². The minimum absolute atomic E-state index is 0.0411. The number of benzene rings is 3. The van der Waals surface area contributed by atoms with Crippen molar-refractivity contribution in [2.45, 2.75) is 24.7 Å². The minimum Gasteiger partial charge on any atom is -0.446 e. The normalized spacial score (nSPS) is 16.3. The fraction of sp³-hybridized carbons (Fsp3) is 0.200. The number of hydroxylamine groups is 1. The largest absolute Gasteiger partial charge is 0.446 e. The van der Waals surface area contributed by atoms with Crippen LogP contribution in [0.2, 0.25) is 0 Å². The molecule has 3 aromatic carbocycles. The molecule has 5 rings (SSSR count). The lowest BCUT2D eigenvalue weighted by molar-refractivity contribution is -0.151. The van der Waals surface area contributed by atoms with Gasteiger partial charge in [-0.25, -0.2) is 9.59 Å². The van der Waals surface area contributed by atoms with Gasteiger partial charge in [0, 0.05) is 5.92 Å². The van der Waals surface area contributed by atoms with Crippen LogP contribution in [0, 0.1) is 0 Å². The number of fused-ring (bicyclic) bond motifs is 4. The summed E-state index contributed by atoms with van der Waals surface area (Å²) in [5.74, 6) is -0.857. The van der Waals surface area contributed by atoms with Crippen molar-refractivity contribution < 1.29 is 19.2 Å². The Bertz CT molecular complexity index is 1080. The molecule has 2 aliphatic rings. The molecule has 150 valence electrons. The van der Waals surface area contributed by atoms with E-state index in [0.717, 1.165) is 39.8 Å². The summed E-state index contributed by atoms with van der Waals surface area (Å²) in [6.45, 7) is 0.170. The van der Waals surface area contributed by atoms with E-state index in [2.05, 4.69) is 29.7 Å². The summed E-state index contributed by atoms with van der Waals surface area (Å²) in [4.78, 5) is 29.6. The van der Waals surface area contributed by atoms with E-state index in [1.807, 2.05) is 48.5 Å². The fourth-order valence-electron chi connectivity index (χ4n) is 4.59. The zero-order valence-corrected chi connectivity index (χ0v) is 16.3. The van der Waals surface area contributed by atoms with E-state index in [1.54, 1.807) is 0 Å². The van der Waals surface area contributed by atoms with Gasteiger partial charge in [-0.2, -0.15) is 0 Å². The van der Waals surface area contributed by atoms with Crippen LogP contribution in [-0.4, -0.2) is 18.7 Å². The van der Waals surface area contributed by atoms with Gasteiger partial charge in [-0.3, -0.25) is 0 Å². The van der Waals surface area contributed by atoms with E-state index in [9.17, 15) is 9.59 Å². The van der Waals surface area contributed by atoms with Crippen molar-refractivity contribution in [3.05, 3.63) is 95.1 Å². The smallest absolute Gasteiger partial charge is 0.440 e. The quantitative estimate of drug-likeness (QED) is 0.648. The molecule has 3 aromatic rings. The number of hydrogen-bond donors (Lipinski definition) is 1. The molecule has 5 heteroatoms. The molecule has 1 N–H and O–H groups in total. The van der Waals surface area contributed by atoms with Crippen molar-refractivity contribution in [2.24, 2.45) is 0 Å². The first kappa shape index (κ1) is 18.4. The SMILES string of the molecule is O=C(NOC(=O)C1CCc2ccccc21)OCC1c2ccccc2-c2ccccc21. The van der Waals surface area contributed by atoms with E-state index >= 15 is 0 Å². The Kier molecular flexibility index (Phi) is 4.71. The van der Waals surface area contributed by atoms with Gasteiger partial charge in [-0.05, 0) is 46.2 Å². The topological polar surface area (TPSA) is 64.6 Å². The number of rotatable bonds is 3. The molecule has 0 aromatic heterocycles. The highest BCUT2D eigenvalue weighted by molar-refractivity contribution is 5.81. The minimum atomic E-state index is -0.767. The zero-order chi connectivity index (χ0) is 20.5. The van der Waals surface area contributed by atoms with E-state index in [0.29, 0.717) is 6.42 Å². The number of carbonyl (C=O) groups excluding carboxylic acids is 2. The molecule has 0 fully saturated rings. The Morgan fingerprint density at radius 2 is 1.43 bits per heavy atom. The molecule has 0 aliphatic heterocycles. The van der Waals surface area contributed by atoms with Gasteiger partial charge < -0.3 is 9.57 Å². The van der Waals surface area contributed by atoms with Crippen LogP contribution in [0.15, 0.2) is 72.8 Å². The Labute approximate surface area is 174 Å². The number of aryl methyl sites for hydroxylation is 1. The molecule has 0 heterocycles. The van der Waals surface area contributed by atoms with Crippen molar-refractivity contribution in [3.8, 4) is 11.1 Å². The molecule has 1 amide bonds. The molecule has 1 atom stereocenters. The van der Waals surface area contributed by atoms with Gasteiger partial charge in [-0.15, -0.1) is 5.48 Å². The van der Waals surface area contributed by atoms with Crippen molar-refractivity contribution >= 4 is 12.1 Å². The summed E-state index contributed by atoms with van der Waals surface area (Å²) in [5, 5.41) is 0. The fourth-order valence-corrected chi connectivity index (χ4v) is 4.59. The summed E-state index contributed by atoms with van der Waals surface area (Å²) in [5.41, 5.74) is 8.86. The Hall–Kier alpha value is -3.60. The van der Waals surface area contributed by atoms with Crippen molar-refractivity contribution in [1.29, 1.82) is 0 Å². The first-order chi connectivity index (χ1) is 14.7. The van der Waals surface area contributed by atoms with Crippen molar-refractivity contribution in [3.63, 3.8) is 0 Å². The van der Waals surface area contributed by atoms with Crippen LogP contribution in [0.3, 0.4) is 0 Å². The van der Waals surface area contributed by atoms with Crippen LogP contribution in [0.1, 0.15) is 40.5 Å². The maximum atomic E-state index is 12.4. The third-order valence-electron chi connectivity index (χ3n) is 6.00. The van der Waals surface area contributed by atoms with Gasteiger partial charge in [0.2, 0.25) is 0 Å². The molecule has 0 spiro atoms. The van der Waals surface area contributed by atoms with E-state index in [-0.39, 0.29) is 18.4 Å². The van der Waals surface area contributed by atoms with Gasteiger partial charge in [-0.1, -0.05) is 72.8 Å². The Balaban J connectivity index is 1.20. The van der Waals surface area contributed by atoms with Gasteiger partial charge in [0.1, 0.15) is 6.61 Å². The first-order valence-electron chi connectivity index (χ1n) is 10.1. The number of ether oxygens (including phenoxy) is 1. The van der Waals surface area contributed by atoms with Gasteiger partial charge in [0.15, 0.2) is 0 Å². The highest BCUT2D eigenvalue weighted by atomic mass is 16.7. The lowest BCUT2D eigenvalue weighted by Gasteiger charge is -2.15. The third kappa shape index (κ3) is 3.22. The van der Waals surface area contributed by atoms with Crippen LogP contribution >= 0.6 is 0 Å². The summed E-state index contributed by atoms with van der Waals surface area (Å²) in [6, 6.07) is 24.1. The molecular formula is C25H21NO4. The predicted octanol–water partition coefficient (Wildman–Crippen LogP) is 4.71. The summed E-state index contributed by atoms with van der Waals surface area (Å²) in [6.07, 6.45) is 0.752. The molecule has 5 nitrogen and oxygen atoms in total. The molecule has 30 heavy (non-hydrogen) atoms. The molecule has 0 radical (unpaired) electrons. The third-order valence-corrected chi connectivity index (χ3v) is 6.00. The Morgan fingerprint density at radius 3 is 2.13 bits per heavy atom. The number of carbonyl (C=O) groups is 2. The van der Waals surface area contributed by atoms with Crippen molar-refractivity contribution in [1.82, 2.24) is 5.48 Å². The molecular weight excluding hydrogens is 378 g/mol. The molecule has 0 saturated carbocycles. The second kappa shape index (κ2) is 7.67. The Morgan fingerprint density at radius 1 is 0.833 bits per heavy atom. The van der Waals surface area contributed by atoms with E-state index in [4.69, 9.17) is 9.57 Å². The summed E-state index contributed by atoms with van der Waals surface area (Å²) < 4.78 is 5.39. The summed E-state index contributed by atoms with van der Waals surface area (Å²) in [7, 11) is 0.